The van der Waals surface area contributed by atoms with Crippen LogP contribution < -0.4 is 20.1 Å². The smallest absolute Gasteiger partial charge is 0.187 e. The maximum Gasteiger partial charge on any atom is 0.187 e. The number of nitrogens with zero attached hydrogens (tertiary/aromatic N) is 8. The number of hydrogen-bond donors (Lipinski definition) is 4. The number of H-pyrrole nitrogens is 2. The number of halogens is 2. The second-order valence-electron chi connectivity index (χ2n) is 13.1. The van der Waals surface area contributed by atoms with Crippen molar-refractivity contribution in [2.45, 2.75) is 53.0 Å². The van der Waals surface area contributed by atoms with Crippen LogP contribution in [0.25, 0.3) is 33.3 Å². The Balaban J connectivity index is 0.000000157. The monoisotopic (exact) mass is 788 g/mol. The quantitative estimate of drug-likeness (QED) is 0.112. The van der Waals surface area contributed by atoms with E-state index in [1.807, 2.05) is 64.4 Å². The summed E-state index contributed by atoms with van der Waals surface area (Å²) in [6.45, 7) is 9.32. The summed E-state index contributed by atoms with van der Waals surface area (Å²) >= 11 is 3.45. The van der Waals surface area contributed by atoms with E-state index >= 15 is 0 Å². The highest BCUT2D eigenvalue weighted by molar-refractivity contribution is 9.10. The number of rotatable bonds is 9. The fraction of sp³-hybridized carbons (Fsp3) is 0.211. The molecule has 14 nitrogen and oxygen atoms in total. The number of hydrogen-bond acceptors (Lipinski definition) is 12. The minimum atomic E-state index is -0.299. The number of aromatic amines is 2. The highest BCUT2D eigenvalue weighted by Crippen LogP contribution is 2.38. The van der Waals surface area contributed by atoms with E-state index in [1.165, 1.54) is 24.8 Å². The minimum absolute atomic E-state index is 0.0139. The average Bonchev–Trinajstić information content (AvgIpc) is 3.96. The van der Waals surface area contributed by atoms with E-state index in [-0.39, 0.29) is 18.0 Å². The Morgan fingerprint density at radius 2 is 1.20 bits per heavy atom. The van der Waals surface area contributed by atoms with Gasteiger partial charge in [-0.2, -0.15) is 10.2 Å². The van der Waals surface area contributed by atoms with Gasteiger partial charge < -0.3 is 20.1 Å². The van der Waals surface area contributed by atoms with Crippen LogP contribution in [-0.2, 0) is 13.1 Å². The summed E-state index contributed by atoms with van der Waals surface area (Å²) < 4.78 is 26.1. The van der Waals surface area contributed by atoms with E-state index in [4.69, 9.17) is 9.47 Å². The number of aliphatic imine (C=N–C) groups is 2. The van der Waals surface area contributed by atoms with Crippen molar-refractivity contribution in [2.24, 2.45) is 9.98 Å². The number of nitrogens with one attached hydrogen (secondary N) is 4. The molecule has 6 heterocycles. The van der Waals surface area contributed by atoms with Crippen LogP contribution >= 0.6 is 15.9 Å². The third-order valence-corrected chi connectivity index (χ3v) is 9.06. The molecule has 4 N–H and O–H groups in total. The first-order valence-corrected chi connectivity index (χ1v) is 18.0. The van der Waals surface area contributed by atoms with Crippen molar-refractivity contribution in [1.82, 2.24) is 40.3 Å². The summed E-state index contributed by atoms with van der Waals surface area (Å²) in [5.74, 6) is 2.45. The van der Waals surface area contributed by atoms with Gasteiger partial charge in [0.05, 0.1) is 53.1 Å². The Bertz CT molecular complexity index is 2560. The van der Waals surface area contributed by atoms with E-state index in [0.717, 1.165) is 60.7 Å². The van der Waals surface area contributed by atoms with Gasteiger partial charge in [0.2, 0.25) is 0 Å². The molecule has 0 amide bonds. The van der Waals surface area contributed by atoms with E-state index in [1.54, 1.807) is 12.1 Å². The molecule has 0 aliphatic carbocycles. The lowest BCUT2D eigenvalue weighted by atomic mass is 10.1. The third-order valence-electron chi connectivity index (χ3n) is 8.49. The lowest BCUT2D eigenvalue weighted by molar-refractivity contribution is 0.243. The van der Waals surface area contributed by atoms with Crippen molar-refractivity contribution in [3.05, 3.63) is 93.9 Å². The van der Waals surface area contributed by atoms with E-state index < -0.39 is 0 Å². The van der Waals surface area contributed by atoms with Crippen molar-refractivity contribution < 1.29 is 13.9 Å². The highest BCUT2D eigenvalue weighted by Gasteiger charge is 2.20. The molecule has 0 atom stereocenters. The van der Waals surface area contributed by atoms with Crippen molar-refractivity contribution in [1.29, 1.82) is 0 Å². The fourth-order valence-electron chi connectivity index (χ4n) is 6.12. The van der Waals surface area contributed by atoms with Crippen molar-refractivity contribution >= 4 is 73.4 Å². The van der Waals surface area contributed by atoms with Crippen molar-refractivity contribution in [2.75, 3.05) is 10.6 Å². The molecule has 3 aromatic carbocycles. The Morgan fingerprint density at radius 1 is 0.685 bits per heavy atom. The molecule has 0 saturated carbocycles. The highest BCUT2D eigenvalue weighted by atomic mass is 79.9. The molecule has 2 aliphatic rings. The third kappa shape index (κ3) is 7.07. The molecule has 2 aliphatic heterocycles. The van der Waals surface area contributed by atoms with Gasteiger partial charge in [-0.25, -0.2) is 24.3 Å². The average molecular weight is 790 g/mol. The van der Waals surface area contributed by atoms with Gasteiger partial charge in [-0.3, -0.25) is 20.2 Å². The van der Waals surface area contributed by atoms with Crippen LogP contribution in [0.2, 0.25) is 0 Å². The Kier molecular flexibility index (Phi) is 9.41. The summed E-state index contributed by atoms with van der Waals surface area (Å²) in [5, 5.41) is 22.5. The van der Waals surface area contributed by atoms with Gasteiger partial charge in [-0.05, 0) is 114 Å². The van der Waals surface area contributed by atoms with E-state index in [9.17, 15) is 4.39 Å². The molecule has 54 heavy (non-hydrogen) atoms. The lowest BCUT2D eigenvalue weighted by Crippen LogP contribution is -2.09. The molecule has 4 aromatic heterocycles. The number of benzene rings is 3. The normalized spacial score (nSPS) is 12.7. The second-order valence-corrected chi connectivity index (χ2v) is 13.9. The summed E-state index contributed by atoms with van der Waals surface area (Å²) in [6.07, 6.45) is 6.75. The fourth-order valence-corrected chi connectivity index (χ4v) is 6.58. The second kappa shape index (κ2) is 14.6. The van der Waals surface area contributed by atoms with E-state index in [0.29, 0.717) is 47.1 Å². The number of aromatic nitrogens is 8. The summed E-state index contributed by atoms with van der Waals surface area (Å²) in [6, 6.07) is 14.3. The minimum Gasteiger partial charge on any atom is -0.489 e. The lowest BCUT2D eigenvalue weighted by Gasteiger charge is -2.17. The zero-order valence-electron chi connectivity index (χ0n) is 29.6. The first-order chi connectivity index (χ1) is 26.2. The SMILES string of the molecule is CC(C)Oc1cc2c(cc1Nc1ncnc3n[nH]c(-c4ccc(F)cc4)c13)C=NC2.CC(C)Oc1cc2c(cc1Nc1ncnc3n[nH]c(Br)c13)C=NC2. The van der Waals surface area contributed by atoms with Crippen LogP contribution in [0.1, 0.15) is 49.9 Å². The molecule has 0 saturated heterocycles. The van der Waals surface area contributed by atoms with Gasteiger partial charge >= 0.3 is 0 Å². The predicted molar refractivity (Wildman–Crippen MR) is 210 cm³/mol. The number of ether oxygens (including phenoxy) is 2. The first-order valence-electron chi connectivity index (χ1n) is 17.2. The summed E-state index contributed by atoms with van der Waals surface area (Å²) in [5.41, 5.74) is 8.64. The molecule has 0 radical (unpaired) electrons. The van der Waals surface area contributed by atoms with Gasteiger partial charge in [-0.15, -0.1) is 0 Å². The maximum atomic E-state index is 13.4. The van der Waals surface area contributed by atoms with Gasteiger partial charge in [0.1, 0.15) is 46.2 Å². The predicted octanol–water partition coefficient (Wildman–Crippen LogP) is 8.20. The van der Waals surface area contributed by atoms with Gasteiger partial charge in [0, 0.05) is 18.0 Å². The molecule has 9 rings (SSSR count). The van der Waals surface area contributed by atoms with Crippen LogP contribution in [0, 0.1) is 5.82 Å². The molecule has 0 bridgehead atoms. The molecule has 16 heteroatoms. The zero-order chi connectivity index (χ0) is 37.3. The standard InChI is InChI=1S/C22H19FN6O.C16H15BrN6O/c1-12(2)30-18-8-15-10-24-9-14(15)7-17(18)27-21-19-20(13-3-5-16(23)6-4-13)28-29-22(19)26-11-25-21;1-8(2)24-12-4-10-6-18-5-9(10)3-11(12)21-15-13-14(17)22-23-16(13)20-7-19-15/h3-9,11-12H,10H2,1-2H3,(H2,25,26,27,28,29);3-5,7-8H,6H2,1-2H3,(H2,19,20,21,22,23). The molecule has 7 aromatic rings. The number of anilines is 4. The molecule has 272 valence electrons. The van der Waals surface area contributed by atoms with Crippen LogP contribution in [-0.4, -0.2) is 65.0 Å². The Hall–Kier alpha value is -6.29. The van der Waals surface area contributed by atoms with Crippen LogP contribution in [0.5, 0.6) is 11.5 Å². The van der Waals surface area contributed by atoms with Crippen LogP contribution in [0.3, 0.4) is 0 Å². The van der Waals surface area contributed by atoms with Crippen molar-refractivity contribution in [3.63, 3.8) is 0 Å². The first kappa shape index (κ1) is 34.8. The molecular formula is C38H34BrFN12O2. The zero-order valence-corrected chi connectivity index (χ0v) is 31.2. The van der Waals surface area contributed by atoms with E-state index in [2.05, 4.69) is 76.9 Å². The number of fused-ring (bicyclic) bond motifs is 4. The summed E-state index contributed by atoms with van der Waals surface area (Å²) in [7, 11) is 0. The molecular weight excluding hydrogens is 755 g/mol. The summed E-state index contributed by atoms with van der Waals surface area (Å²) in [4.78, 5) is 25.9. The maximum absolute atomic E-state index is 13.4. The van der Waals surface area contributed by atoms with Crippen molar-refractivity contribution in [3.8, 4) is 22.8 Å². The molecule has 0 fully saturated rings. The Morgan fingerprint density at radius 3 is 1.76 bits per heavy atom. The molecule has 0 unspecified atom stereocenters. The van der Waals surface area contributed by atoms with Gasteiger partial charge in [0.25, 0.3) is 0 Å². The molecule has 0 spiro atoms. The largest absolute Gasteiger partial charge is 0.489 e. The van der Waals surface area contributed by atoms with Crippen LogP contribution in [0.4, 0.5) is 27.4 Å². The Labute approximate surface area is 316 Å². The topological polar surface area (TPSA) is 176 Å². The van der Waals surface area contributed by atoms with Gasteiger partial charge in [-0.1, -0.05) is 0 Å². The van der Waals surface area contributed by atoms with Gasteiger partial charge in [0.15, 0.2) is 11.3 Å². The van der Waals surface area contributed by atoms with Crippen LogP contribution in [0.15, 0.2) is 75.8 Å².